The van der Waals surface area contributed by atoms with E-state index < -0.39 is 15.9 Å². The van der Waals surface area contributed by atoms with E-state index in [2.05, 4.69) is 5.32 Å². The summed E-state index contributed by atoms with van der Waals surface area (Å²) in [4.78, 5) is 12.4. The van der Waals surface area contributed by atoms with E-state index in [1.165, 1.54) is 25.6 Å². The molecule has 8 nitrogen and oxygen atoms in total. The maximum Gasteiger partial charge on any atom is 0.239 e. The van der Waals surface area contributed by atoms with Crippen molar-refractivity contribution >= 4 is 21.6 Å². The standard InChI is InChI=1S/C17H26N2O6S/c1-23-14-9-12(10-15(24-2)17(14)25-3)18-16(20)11-19(26(4,21)22)13-7-5-6-8-13/h9-10,13H,5-8,11H2,1-4H3,(H,18,20). The van der Waals surface area contributed by atoms with E-state index in [-0.39, 0.29) is 12.6 Å². The first-order valence-corrected chi connectivity index (χ1v) is 10.2. The average Bonchev–Trinajstić information content (AvgIpc) is 3.11. The Balaban J connectivity index is 2.18. The molecule has 0 heterocycles. The fraction of sp³-hybridized carbons (Fsp3) is 0.588. The molecule has 0 unspecified atom stereocenters. The van der Waals surface area contributed by atoms with Crippen LogP contribution in [-0.2, 0) is 14.8 Å². The van der Waals surface area contributed by atoms with E-state index in [1.54, 1.807) is 12.1 Å². The van der Waals surface area contributed by atoms with E-state index in [1.807, 2.05) is 0 Å². The minimum atomic E-state index is -3.47. The fourth-order valence-corrected chi connectivity index (χ4v) is 4.31. The molecule has 2 rings (SSSR count). The number of anilines is 1. The molecule has 1 aliphatic carbocycles. The second kappa shape index (κ2) is 8.59. The maximum atomic E-state index is 12.4. The Labute approximate surface area is 154 Å². The van der Waals surface area contributed by atoms with Gasteiger partial charge in [0.05, 0.1) is 34.1 Å². The zero-order valence-corrected chi connectivity index (χ0v) is 16.4. The van der Waals surface area contributed by atoms with E-state index in [0.29, 0.717) is 22.9 Å². The Morgan fingerprint density at radius 1 is 1.12 bits per heavy atom. The number of nitrogens with one attached hydrogen (secondary N) is 1. The lowest BCUT2D eigenvalue weighted by atomic mass is 10.2. The molecule has 1 saturated carbocycles. The molecule has 1 N–H and O–H groups in total. The van der Waals surface area contributed by atoms with Crippen molar-refractivity contribution in [3.63, 3.8) is 0 Å². The maximum absolute atomic E-state index is 12.4. The van der Waals surface area contributed by atoms with Gasteiger partial charge in [0.1, 0.15) is 0 Å². The van der Waals surface area contributed by atoms with Crippen molar-refractivity contribution in [2.45, 2.75) is 31.7 Å². The fourth-order valence-electron chi connectivity index (χ4n) is 3.20. The van der Waals surface area contributed by atoms with Gasteiger partial charge in [-0.15, -0.1) is 0 Å². The van der Waals surface area contributed by atoms with Crippen molar-refractivity contribution in [2.75, 3.05) is 39.4 Å². The molecule has 1 aromatic carbocycles. The van der Waals surface area contributed by atoms with Crippen LogP contribution in [0.3, 0.4) is 0 Å². The molecular formula is C17H26N2O6S. The summed E-state index contributed by atoms with van der Waals surface area (Å²) in [6.07, 6.45) is 4.66. The van der Waals surface area contributed by atoms with Gasteiger partial charge in [-0.05, 0) is 12.8 Å². The second-order valence-corrected chi connectivity index (χ2v) is 8.14. The highest BCUT2D eigenvalue weighted by molar-refractivity contribution is 7.88. The van der Waals surface area contributed by atoms with Gasteiger partial charge in [-0.1, -0.05) is 12.8 Å². The summed E-state index contributed by atoms with van der Waals surface area (Å²) in [6.45, 7) is -0.222. The highest BCUT2D eigenvalue weighted by Gasteiger charge is 2.31. The number of sulfonamides is 1. The zero-order valence-electron chi connectivity index (χ0n) is 15.6. The lowest BCUT2D eigenvalue weighted by Gasteiger charge is -2.25. The Morgan fingerprint density at radius 2 is 1.65 bits per heavy atom. The molecule has 0 radical (unpaired) electrons. The number of hydrogen-bond acceptors (Lipinski definition) is 6. The summed E-state index contributed by atoms with van der Waals surface area (Å²) < 4.78 is 41.2. The van der Waals surface area contributed by atoms with Crippen LogP contribution < -0.4 is 19.5 Å². The molecule has 0 saturated heterocycles. The lowest BCUT2D eigenvalue weighted by molar-refractivity contribution is -0.116. The number of ether oxygens (including phenoxy) is 3. The second-order valence-electron chi connectivity index (χ2n) is 6.21. The summed E-state index contributed by atoms with van der Waals surface area (Å²) in [6, 6.07) is 3.08. The molecule has 0 aliphatic heterocycles. The van der Waals surface area contributed by atoms with Crippen molar-refractivity contribution in [2.24, 2.45) is 0 Å². The van der Waals surface area contributed by atoms with Crippen LogP contribution in [0.25, 0.3) is 0 Å². The van der Waals surface area contributed by atoms with Crippen LogP contribution >= 0.6 is 0 Å². The smallest absolute Gasteiger partial charge is 0.239 e. The molecule has 0 atom stereocenters. The number of amides is 1. The van der Waals surface area contributed by atoms with Crippen molar-refractivity contribution in [1.29, 1.82) is 0 Å². The molecule has 1 aromatic rings. The van der Waals surface area contributed by atoms with Crippen molar-refractivity contribution in [3.05, 3.63) is 12.1 Å². The first kappa shape index (κ1) is 20.3. The third-order valence-corrected chi connectivity index (χ3v) is 5.69. The SMILES string of the molecule is COc1cc(NC(=O)CN(C2CCCC2)S(C)(=O)=O)cc(OC)c1OC. The van der Waals surface area contributed by atoms with Crippen LogP contribution in [0.5, 0.6) is 17.2 Å². The van der Waals surface area contributed by atoms with E-state index in [4.69, 9.17) is 14.2 Å². The Kier molecular flexibility index (Phi) is 6.71. The van der Waals surface area contributed by atoms with Gasteiger partial charge in [-0.25, -0.2) is 8.42 Å². The Morgan fingerprint density at radius 3 is 2.08 bits per heavy atom. The summed E-state index contributed by atoms with van der Waals surface area (Å²) in [5.41, 5.74) is 0.435. The molecule has 146 valence electrons. The van der Waals surface area contributed by atoms with Gasteiger partial charge in [-0.3, -0.25) is 4.79 Å². The average molecular weight is 386 g/mol. The quantitative estimate of drug-likeness (QED) is 0.733. The van der Waals surface area contributed by atoms with Gasteiger partial charge in [0, 0.05) is 23.9 Å². The monoisotopic (exact) mass is 386 g/mol. The molecule has 0 aromatic heterocycles. The van der Waals surface area contributed by atoms with E-state index in [9.17, 15) is 13.2 Å². The van der Waals surface area contributed by atoms with Crippen LogP contribution in [0.15, 0.2) is 12.1 Å². The number of methoxy groups -OCH3 is 3. The zero-order chi connectivity index (χ0) is 19.3. The van der Waals surface area contributed by atoms with Crippen LogP contribution in [0.2, 0.25) is 0 Å². The van der Waals surface area contributed by atoms with E-state index in [0.717, 1.165) is 31.9 Å². The third-order valence-electron chi connectivity index (χ3n) is 4.41. The van der Waals surface area contributed by atoms with Crippen molar-refractivity contribution < 1.29 is 27.4 Å². The number of benzene rings is 1. The van der Waals surface area contributed by atoms with Gasteiger partial charge < -0.3 is 19.5 Å². The lowest BCUT2D eigenvalue weighted by Crippen LogP contribution is -2.43. The van der Waals surface area contributed by atoms with Gasteiger partial charge in [0.25, 0.3) is 0 Å². The number of rotatable bonds is 8. The normalized spacial score (nSPS) is 15.1. The number of nitrogens with zero attached hydrogens (tertiary/aromatic N) is 1. The first-order chi connectivity index (χ1) is 12.3. The molecule has 26 heavy (non-hydrogen) atoms. The van der Waals surface area contributed by atoms with Crippen molar-refractivity contribution in [3.8, 4) is 17.2 Å². The number of carbonyl (C=O) groups excluding carboxylic acids is 1. The molecule has 1 fully saturated rings. The number of carbonyl (C=O) groups is 1. The highest BCUT2D eigenvalue weighted by Crippen LogP contribution is 2.40. The predicted molar refractivity (Wildman–Crippen MR) is 98.5 cm³/mol. The third kappa shape index (κ3) is 4.79. The highest BCUT2D eigenvalue weighted by atomic mass is 32.2. The minimum Gasteiger partial charge on any atom is -0.493 e. The van der Waals surface area contributed by atoms with Gasteiger partial charge in [0.2, 0.25) is 21.7 Å². The molecule has 0 bridgehead atoms. The van der Waals surface area contributed by atoms with Gasteiger partial charge >= 0.3 is 0 Å². The molecule has 1 aliphatic rings. The molecule has 0 spiro atoms. The van der Waals surface area contributed by atoms with Crippen molar-refractivity contribution in [1.82, 2.24) is 4.31 Å². The largest absolute Gasteiger partial charge is 0.493 e. The van der Waals surface area contributed by atoms with Crippen LogP contribution in [0.1, 0.15) is 25.7 Å². The summed E-state index contributed by atoms with van der Waals surface area (Å²) in [5.74, 6) is 0.795. The molecule has 9 heteroatoms. The Hall–Kier alpha value is -2.00. The van der Waals surface area contributed by atoms with Crippen LogP contribution in [0, 0.1) is 0 Å². The topological polar surface area (TPSA) is 94.2 Å². The Bertz CT molecular complexity index is 719. The van der Waals surface area contributed by atoms with E-state index >= 15 is 0 Å². The minimum absolute atomic E-state index is 0.115. The summed E-state index contributed by atoms with van der Waals surface area (Å²) in [5, 5.41) is 2.71. The van der Waals surface area contributed by atoms with Crippen LogP contribution in [-0.4, -0.2) is 58.8 Å². The number of hydrogen-bond donors (Lipinski definition) is 1. The summed E-state index contributed by atoms with van der Waals surface area (Å²) in [7, 11) is 0.982. The molecule has 1 amide bonds. The molecular weight excluding hydrogens is 360 g/mol. The predicted octanol–water partition coefficient (Wildman–Crippen LogP) is 1.86. The summed E-state index contributed by atoms with van der Waals surface area (Å²) >= 11 is 0. The van der Waals surface area contributed by atoms with Gasteiger partial charge in [-0.2, -0.15) is 4.31 Å². The van der Waals surface area contributed by atoms with Gasteiger partial charge in [0.15, 0.2) is 11.5 Å². The first-order valence-electron chi connectivity index (χ1n) is 8.36. The van der Waals surface area contributed by atoms with Crippen LogP contribution in [0.4, 0.5) is 5.69 Å².